The average Bonchev–Trinajstić information content (AvgIpc) is 2.53. The molecule has 1 heterocycles. The number of hydrogen-bond acceptors (Lipinski definition) is 4. The van der Waals surface area contributed by atoms with Gasteiger partial charge in [-0.25, -0.2) is 8.42 Å². The zero-order valence-electron chi connectivity index (χ0n) is 13.8. The van der Waals surface area contributed by atoms with Gasteiger partial charge in [0.25, 0.3) is 0 Å². The first kappa shape index (κ1) is 19.5. The Labute approximate surface area is 144 Å². The Morgan fingerprint density at radius 3 is 2.40 bits per heavy atom. The maximum absolute atomic E-state index is 12.9. The second-order valence-corrected chi connectivity index (χ2v) is 7.58. The number of halogens is 3. The minimum absolute atomic E-state index is 0.202. The van der Waals surface area contributed by atoms with Gasteiger partial charge in [0.1, 0.15) is 6.04 Å². The third-order valence-corrected chi connectivity index (χ3v) is 5.06. The van der Waals surface area contributed by atoms with Gasteiger partial charge in [0.15, 0.2) is 0 Å². The van der Waals surface area contributed by atoms with Crippen LogP contribution in [0.1, 0.15) is 12.5 Å². The van der Waals surface area contributed by atoms with Crippen molar-refractivity contribution in [3.8, 4) is 0 Å². The van der Waals surface area contributed by atoms with Crippen LogP contribution in [0, 0.1) is 0 Å². The van der Waals surface area contributed by atoms with Crippen LogP contribution in [-0.2, 0) is 25.7 Å². The summed E-state index contributed by atoms with van der Waals surface area (Å²) < 4.78 is 69.0. The molecule has 10 heteroatoms. The highest BCUT2D eigenvalue weighted by Gasteiger charge is 2.35. The van der Waals surface area contributed by atoms with Crippen LogP contribution < -0.4 is 4.31 Å². The number of hydrogen-bond donors (Lipinski definition) is 0. The molecule has 0 saturated carbocycles. The quantitative estimate of drug-likeness (QED) is 0.798. The van der Waals surface area contributed by atoms with E-state index in [4.69, 9.17) is 4.74 Å². The second kappa shape index (κ2) is 7.20. The predicted molar refractivity (Wildman–Crippen MR) is 85.6 cm³/mol. The summed E-state index contributed by atoms with van der Waals surface area (Å²) in [5, 5.41) is 0. The summed E-state index contributed by atoms with van der Waals surface area (Å²) in [6, 6.07) is 2.75. The van der Waals surface area contributed by atoms with Crippen LogP contribution in [0.2, 0.25) is 0 Å². The Bertz CT molecular complexity index is 731. The molecule has 6 nitrogen and oxygen atoms in total. The molecule has 1 aromatic carbocycles. The number of alkyl halides is 3. The summed E-state index contributed by atoms with van der Waals surface area (Å²) in [7, 11) is -3.98. The van der Waals surface area contributed by atoms with Crippen molar-refractivity contribution >= 4 is 21.6 Å². The summed E-state index contributed by atoms with van der Waals surface area (Å²) >= 11 is 0. The molecule has 0 N–H and O–H groups in total. The zero-order valence-corrected chi connectivity index (χ0v) is 14.6. The van der Waals surface area contributed by atoms with Gasteiger partial charge in [-0.2, -0.15) is 13.2 Å². The predicted octanol–water partition coefficient (Wildman–Crippen LogP) is 1.72. The molecule has 1 saturated heterocycles. The minimum Gasteiger partial charge on any atom is -0.378 e. The number of sulfonamides is 1. The van der Waals surface area contributed by atoms with E-state index >= 15 is 0 Å². The Balaban J connectivity index is 2.38. The van der Waals surface area contributed by atoms with Gasteiger partial charge in [0.05, 0.1) is 30.7 Å². The van der Waals surface area contributed by atoms with Crippen molar-refractivity contribution in [3.05, 3.63) is 29.8 Å². The van der Waals surface area contributed by atoms with E-state index in [1.54, 1.807) is 0 Å². The van der Waals surface area contributed by atoms with Crippen LogP contribution in [0.4, 0.5) is 18.9 Å². The number of carbonyl (C=O) groups is 1. The van der Waals surface area contributed by atoms with Gasteiger partial charge in [-0.3, -0.25) is 9.10 Å². The smallest absolute Gasteiger partial charge is 0.378 e. The van der Waals surface area contributed by atoms with Crippen molar-refractivity contribution < 1.29 is 31.1 Å². The first-order valence-corrected chi connectivity index (χ1v) is 9.40. The van der Waals surface area contributed by atoms with Gasteiger partial charge in [-0.05, 0) is 25.1 Å². The van der Waals surface area contributed by atoms with Crippen LogP contribution >= 0.6 is 0 Å². The summed E-state index contributed by atoms with van der Waals surface area (Å²) in [4.78, 5) is 14.0. The Kier molecular flexibility index (Phi) is 5.62. The number of morpholine rings is 1. The molecule has 2 rings (SSSR count). The highest BCUT2D eigenvalue weighted by Crippen LogP contribution is 2.33. The minimum atomic E-state index is -4.61. The van der Waals surface area contributed by atoms with Gasteiger partial charge >= 0.3 is 6.18 Å². The number of ether oxygens (including phenoxy) is 1. The van der Waals surface area contributed by atoms with E-state index in [1.807, 2.05) is 0 Å². The van der Waals surface area contributed by atoms with Crippen LogP contribution in [0.5, 0.6) is 0 Å². The van der Waals surface area contributed by atoms with Gasteiger partial charge in [0.2, 0.25) is 15.9 Å². The van der Waals surface area contributed by atoms with E-state index in [1.165, 1.54) is 17.9 Å². The molecule has 25 heavy (non-hydrogen) atoms. The van der Waals surface area contributed by atoms with E-state index < -0.39 is 33.7 Å². The van der Waals surface area contributed by atoms with Crippen molar-refractivity contribution in [3.63, 3.8) is 0 Å². The monoisotopic (exact) mass is 380 g/mol. The third-order valence-electron chi connectivity index (χ3n) is 3.82. The van der Waals surface area contributed by atoms with E-state index in [0.29, 0.717) is 26.3 Å². The molecule has 1 atom stereocenters. The largest absolute Gasteiger partial charge is 0.416 e. The molecule has 1 fully saturated rings. The van der Waals surface area contributed by atoms with Crippen LogP contribution in [0.15, 0.2) is 24.3 Å². The molecular formula is C15H19F3N2O4S. The lowest BCUT2D eigenvalue weighted by atomic mass is 10.1. The van der Waals surface area contributed by atoms with Crippen molar-refractivity contribution in [1.82, 2.24) is 4.90 Å². The molecule has 1 amide bonds. The molecule has 0 bridgehead atoms. The van der Waals surface area contributed by atoms with Crippen molar-refractivity contribution in [1.29, 1.82) is 0 Å². The molecule has 1 aliphatic rings. The highest BCUT2D eigenvalue weighted by molar-refractivity contribution is 7.92. The third kappa shape index (κ3) is 4.63. The number of benzene rings is 1. The maximum Gasteiger partial charge on any atom is 0.416 e. The van der Waals surface area contributed by atoms with Gasteiger partial charge in [0, 0.05) is 13.1 Å². The molecule has 1 unspecified atom stereocenters. The summed E-state index contributed by atoms with van der Waals surface area (Å²) in [6.07, 6.45) is -3.76. The highest BCUT2D eigenvalue weighted by atomic mass is 32.2. The molecule has 0 radical (unpaired) electrons. The molecule has 0 aliphatic carbocycles. The molecule has 140 valence electrons. The van der Waals surface area contributed by atoms with E-state index in [0.717, 1.165) is 28.8 Å². The fourth-order valence-electron chi connectivity index (χ4n) is 2.67. The van der Waals surface area contributed by atoms with Crippen molar-refractivity contribution in [2.24, 2.45) is 0 Å². The number of nitrogens with zero attached hydrogens (tertiary/aromatic N) is 2. The second-order valence-electron chi connectivity index (χ2n) is 5.72. The van der Waals surface area contributed by atoms with Gasteiger partial charge < -0.3 is 9.64 Å². The Morgan fingerprint density at radius 1 is 1.28 bits per heavy atom. The fourth-order valence-corrected chi connectivity index (χ4v) is 3.83. The van der Waals surface area contributed by atoms with Crippen molar-refractivity contribution in [2.75, 3.05) is 36.9 Å². The van der Waals surface area contributed by atoms with E-state index in [2.05, 4.69) is 0 Å². The van der Waals surface area contributed by atoms with Crippen LogP contribution in [-0.4, -0.2) is 57.8 Å². The SMILES string of the molecule is CC(C(=O)N1CCOCC1)N(c1cccc(C(F)(F)F)c1)S(C)(=O)=O. The molecular weight excluding hydrogens is 361 g/mol. The van der Waals surface area contributed by atoms with E-state index in [9.17, 15) is 26.4 Å². The Hall–Kier alpha value is -1.81. The van der Waals surface area contributed by atoms with Crippen LogP contribution in [0.3, 0.4) is 0 Å². The summed E-state index contributed by atoms with van der Waals surface area (Å²) in [5.41, 5.74) is -1.18. The number of carbonyl (C=O) groups excluding carboxylic acids is 1. The molecule has 0 aromatic heterocycles. The first-order valence-electron chi connectivity index (χ1n) is 7.55. The molecule has 1 aliphatic heterocycles. The normalized spacial score (nSPS) is 17.2. The topological polar surface area (TPSA) is 66.9 Å². The zero-order chi connectivity index (χ0) is 18.8. The van der Waals surface area contributed by atoms with Crippen molar-refractivity contribution in [2.45, 2.75) is 19.1 Å². The number of amides is 1. The summed E-state index contributed by atoms with van der Waals surface area (Å²) in [5.74, 6) is -0.480. The lowest BCUT2D eigenvalue weighted by molar-refractivity contribution is -0.137. The first-order chi connectivity index (χ1) is 11.5. The van der Waals surface area contributed by atoms with E-state index in [-0.39, 0.29) is 5.69 Å². The fraction of sp³-hybridized carbons (Fsp3) is 0.533. The average molecular weight is 380 g/mol. The van der Waals surface area contributed by atoms with Gasteiger partial charge in [-0.1, -0.05) is 6.07 Å². The van der Waals surface area contributed by atoms with Crippen LogP contribution in [0.25, 0.3) is 0 Å². The summed E-state index contributed by atoms with van der Waals surface area (Å²) in [6.45, 7) is 2.65. The standard InChI is InChI=1S/C15H19F3N2O4S/c1-11(14(21)19-6-8-24-9-7-19)20(25(2,22)23)13-5-3-4-12(10-13)15(16,17)18/h3-5,10-11H,6-9H2,1-2H3. The maximum atomic E-state index is 12.9. The lowest BCUT2D eigenvalue weighted by Crippen LogP contribution is -2.52. The lowest BCUT2D eigenvalue weighted by Gasteiger charge is -2.34. The Morgan fingerprint density at radius 2 is 1.88 bits per heavy atom. The molecule has 1 aromatic rings. The van der Waals surface area contributed by atoms with Gasteiger partial charge in [-0.15, -0.1) is 0 Å². The number of rotatable bonds is 4. The molecule has 0 spiro atoms. The number of anilines is 1.